The molecule has 0 spiro atoms. The highest BCUT2D eigenvalue weighted by Gasteiger charge is 2.27. The molecule has 0 aromatic carbocycles. The number of nitrogens with one attached hydrogen (secondary N) is 2. The molecule has 98 valence electrons. The van der Waals surface area contributed by atoms with Crippen molar-refractivity contribution in [1.82, 2.24) is 19.7 Å². The molecule has 2 aromatic heterocycles. The van der Waals surface area contributed by atoms with E-state index in [-0.39, 0.29) is 5.95 Å². The first kappa shape index (κ1) is 12.9. The van der Waals surface area contributed by atoms with Crippen LogP contribution in [-0.2, 0) is 7.05 Å². The fourth-order valence-corrected chi connectivity index (χ4v) is 1.92. The fraction of sp³-hybridized carbons (Fsp3) is 0.333. The van der Waals surface area contributed by atoms with Crippen molar-refractivity contribution in [3.63, 3.8) is 0 Å². The lowest BCUT2D eigenvalue weighted by Gasteiger charge is -2.05. The van der Waals surface area contributed by atoms with Crippen molar-refractivity contribution in [2.75, 3.05) is 11.9 Å². The van der Waals surface area contributed by atoms with Crippen molar-refractivity contribution >= 4 is 21.9 Å². The lowest BCUT2D eigenvalue weighted by atomic mass is 10.4. The van der Waals surface area contributed by atoms with E-state index in [1.165, 1.54) is 0 Å². The molecule has 0 saturated carbocycles. The Bertz CT molecular complexity index is 545. The Balaban J connectivity index is 2.13. The van der Waals surface area contributed by atoms with Gasteiger partial charge in [-0.3, -0.25) is 5.10 Å². The highest BCUT2D eigenvalue weighted by Crippen LogP contribution is 2.22. The zero-order valence-electron chi connectivity index (χ0n) is 9.22. The second-order valence-corrected chi connectivity index (χ2v) is 4.55. The molecule has 0 aliphatic carbocycles. The molecule has 9 heteroatoms. The monoisotopic (exact) mass is 323 g/mol. The third kappa shape index (κ3) is 3.03. The first-order chi connectivity index (χ1) is 8.35. The standard InChI is InChI=1S/C9H9BrF3N5/c1-18-3-5(10)2-6(18)7-15-8(17-16-7)14-4-9(11,12)13/h2-3H,4H2,1H3,(H2,14,15,16,17). The van der Waals surface area contributed by atoms with E-state index in [1.54, 1.807) is 23.9 Å². The predicted octanol–water partition coefficient (Wildman–Crippen LogP) is 2.55. The molecule has 5 nitrogen and oxygen atoms in total. The van der Waals surface area contributed by atoms with Crippen LogP contribution in [0.5, 0.6) is 0 Å². The number of H-pyrrole nitrogens is 1. The van der Waals surface area contributed by atoms with Gasteiger partial charge in [0.25, 0.3) is 0 Å². The van der Waals surface area contributed by atoms with Gasteiger partial charge < -0.3 is 9.88 Å². The molecule has 0 amide bonds. The summed E-state index contributed by atoms with van der Waals surface area (Å²) in [5.74, 6) is 0.313. The minimum Gasteiger partial charge on any atom is -0.347 e. The number of alkyl halides is 3. The molecule has 0 fully saturated rings. The lowest BCUT2D eigenvalue weighted by Crippen LogP contribution is -2.21. The van der Waals surface area contributed by atoms with Crippen LogP contribution in [0.15, 0.2) is 16.7 Å². The lowest BCUT2D eigenvalue weighted by molar-refractivity contribution is -0.115. The van der Waals surface area contributed by atoms with Gasteiger partial charge in [0, 0.05) is 17.7 Å². The SMILES string of the molecule is Cn1cc(Br)cc1-c1nc(NCC(F)(F)F)n[nH]1. The van der Waals surface area contributed by atoms with E-state index in [1.807, 2.05) is 0 Å². The Morgan fingerprint density at radius 1 is 1.50 bits per heavy atom. The Morgan fingerprint density at radius 2 is 2.22 bits per heavy atom. The Morgan fingerprint density at radius 3 is 2.78 bits per heavy atom. The van der Waals surface area contributed by atoms with Gasteiger partial charge in [0.05, 0.1) is 5.69 Å². The van der Waals surface area contributed by atoms with E-state index < -0.39 is 12.7 Å². The number of anilines is 1. The summed E-state index contributed by atoms with van der Waals surface area (Å²) in [5.41, 5.74) is 0.717. The van der Waals surface area contributed by atoms with Crippen LogP contribution in [0, 0.1) is 0 Å². The van der Waals surface area contributed by atoms with E-state index in [2.05, 4.69) is 36.4 Å². The second-order valence-electron chi connectivity index (χ2n) is 3.63. The average molecular weight is 324 g/mol. The third-order valence-electron chi connectivity index (χ3n) is 2.15. The van der Waals surface area contributed by atoms with E-state index in [0.717, 1.165) is 10.2 Å². The highest BCUT2D eigenvalue weighted by atomic mass is 79.9. The molecule has 0 saturated heterocycles. The maximum absolute atomic E-state index is 12.0. The molecule has 0 unspecified atom stereocenters. The van der Waals surface area contributed by atoms with Gasteiger partial charge in [-0.1, -0.05) is 0 Å². The summed E-state index contributed by atoms with van der Waals surface area (Å²) >= 11 is 3.30. The number of nitrogens with zero attached hydrogens (tertiary/aromatic N) is 3. The van der Waals surface area contributed by atoms with Crippen LogP contribution in [0.4, 0.5) is 19.1 Å². The van der Waals surface area contributed by atoms with Gasteiger partial charge in [0.1, 0.15) is 6.54 Å². The number of hydrogen-bond donors (Lipinski definition) is 2. The molecule has 2 heterocycles. The highest BCUT2D eigenvalue weighted by molar-refractivity contribution is 9.10. The summed E-state index contributed by atoms with van der Waals surface area (Å²) < 4.78 is 38.6. The molecule has 0 radical (unpaired) electrons. The number of aromatic nitrogens is 4. The van der Waals surface area contributed by atoms with Gasteiger partial charge in [-0.2, -0.15) is 18.2 Å². The van der Waals surface area contributed by atoms with Gasteiger partial charge in [-0.15, -0.1) is 5.10 Å². The van der Waals surface area contributed by atoms with Crippen LogP contribution in [0.25, 0.3) is 11.5 Å². The molecule has 0 aliphatic heterocycles. The zero-order chi connectivity index (χ0) is 13.3. The molecular weight excluding hydrogens is 315 g/mol. The Kier molecular flexibility index (Phi) is 3.33. The van der Waals surface area contributed by atoms with E-state index in [4.69, 9.17) is 0 Å². The van der Waals surface area contributed by atoms with Crippen LogP contribution >= 0.6 is 15.9 Å². The smallest absolute Gasteiger partial charge is 0.347 e. The minimum atomic E-state index is -4.30. The van der Waals surface area contributed by atoms with Gasteiger partial charge in [0.15, 0.2) is 5.82 Å². The van der Waals surface area contributed by atoms with Crippen molar-refractivity contribution in [2.24, 2.45) is 7.05 Å². The Labute approximate surface area is 109 Å². The van der Waals surface area contributed by atoms with Gasteiger partial charge in [0.2, 0.25) is 5.95 Å². The van der Waals surface area contributed by atoms with Crippen molar-refractivity contribution < 1.29 is 13.2 Å². The van der Waals surface area contributed by atoms with Crippen molar-refractivity contribution in [2.45, 2.75) is 6.18 Å². The summed E-state index contributed by atoms with van der Waals surface area (Å²) in [6.45, 7) is -1.17. The van der Waals surface area contributed by atoms with Crippen molar-refractivity contribution in [1.29, 1.82) is 0 Å². The first-order valence-electron chi connectivity index (χ1n) is 4.90. The normalized spacial score (nSPS) is 11.8. The summed E-state index contributed by atoms with van der Waals surface area (Å²) in [7, 11) is 1.80. The van der Waals surface area contributed by atoms with Crippen LogP contribution in [0.3, 0.4) is 0 Å². The quantitative estimate of drug-likeness (QED) is 0.912. The molecular formula is C9H9BrF3N5. The number of aryl methyl sites for hydroxylation is 1. The largest absolute Gasteiger partial charge is 0.405 e. The molecule has 0 aliphatic rings. The van der Waals surface area contributed by atoms with Crippen LogP contribution in [0.1, 0.15) is 0 Å². The fourth-order valence-electron chi connectivity index (χ4n) is 1.39. The van der Waals surface area contributed by atoms with Crippen LogP contribution in [0.2, 0.25) is 0 Å². The number of hydrogen-bond acceptors (Lipinski definition) is 3. The number of halogens is 4. The average Bonchev–Trinajstić information content (AvgIpc) is 2.81. The summed E-state index contributed by atoms with van der Waals surface area (Å²) in [5, 5.41) is 8.35. The van der Waals surface area contributed by atoms with E-state index in [0.29, 0.717) is 5.82 Å². The van der Waals surface area contributed by atoms with E-state index in [9.17, 15) is 13.2 Å². The predicted molar refractivity (Wildman–Crippen MR) is 63.0 cm³/mol. The van der Waals surface area contributed by atoms with Crippen molar-refractivity contribution in [3.8, 4) is 11.5 Å². The number of rotatable bonds is 3. The molecule has 2 N–H and O–H groups in total. The zero-order valence-corrected chi connectivity index (χ0v) is 10.8. The molecule has 0 bridgehead atoms. The molecule has 18 heavy (non-hydrogen) atoms. The molecule has 2 rings (SSSR count). The minimum absolute atomic E-state index is 0.0837. The van der Waals surface area contributed by atoms with Crippen molar-refractivity contribution in [3.05, 3.63) is 16.7 Å². The maximum atomic E-state index is 12.0. The number of aromatic amines is 1. The van der Waals surface area contributed by atoms with Gasteiger partial charge in [-0.25, -0.2) is 0 Å². The third-order valence-corrected chi connectivity index (χ3v) is 2.58. The molecule has 2 aromatic rings. The van der Waals surface area contributed by atoms with Crippen LogP contribution in [-0.4, -0.2) is 32.5 Å². The van der Waals surface area contributed by atoms with Gasteiger partial charge >= 0.3 is 6.18 Å². The topological polar surface area (TPSA) is 58.5 Å². The maximum Gasteiger partial charge on any atom is 0.405 e. The first-order valence-corrected chi connectivity index (χ1v) is 5.70. The summed E-state index contributed by atoms with van der Waals surface area (Å²) in [4.78, 5) is 3.94. The second kappa shape index (κ2) is 4.63. The summed E-state index contributed by atoms with van der Waals surface area (Å²) in [6, 6.07) is 1.79. The van der Waals surface area contributed by atoms with Crippen LogP contribution < -0.4 is 5.32 Å². The van der Waals surface area contributed by atoms with E-state index >= 15 is 0 Å². The molecule has 0 atom stereocenters. The Hall–Kier alpha value is -1.51. The van der Waals surface area contributed by atoms with Gasteiger partial charge in [-0.05, 0) is 22.0 Å². The summed E-state index contributed by atoms with van der Waals surface area (Å²) in [6.07, 6.45) is -2.49.